The molecule has 3 unspecified atom stereocenters. The van der Waals surface area contributed by atoms with Crippen LogP contribution >= 0.6 is 0 Å². The van der Waals surface area contributed by atoms with Crippen molar-refractivity contribution in [2.75, 3.05) is 0 Å². The summed E-state index contributed by atoms with van der Waals surface area (Å²) < 4.78 is 2.03. The lowest BCUT2D eigenvalue weighted by atomic mass is 10.1. The third-order valence-electron chi connectivity index (χ3n) is 4.38. The highest BCUT2D eigenvalue weighted by Crippen LogP contribution is 2.27. The van der Waals surface area contributed by atoms with Crippen LogP contribution in [0.15, 0.2) is 43.0 Å². The Labute approximate surface area is 121 Å². The fraction of sp³-hybridized carbons (Fsp3) is 0.471. The minimum atomic E-state index is 0.419. The van der Waals surface area contributed by atoms with E-state index in [4.69, 9.17) is 0 Å². The Morgan fingerprint density at radius 3 is 2.65 bits per heavy atom. The average molecular weight is 269 g/mol. The molecule has 0 saturated heterocycles. The molecule has 1 saturated carbocycles. The summed E-state index contributed by atoms with van der Waals surface area (Å²) in [6.07, 6.45) is 9.60. The minimum absolute atomic E-state index is 0.419. The van der Waals surface area contributed by atoms with Gasteiger partial charge < -0.3 is 9.88 Å². The van der Waals surface area contributed by atoms with Crippen molar-refractivity contribution in [3.63, 3.8) is 0 Å². The SMILES string of the molecule is CC1CCC(NC(C)c2ccc(-n3ccnc3)cc2)C1. The number of benzene rings is 1. The summed E-state index contributed by atoms with van der Waals surface area (Å²) in [4.78, 5) is 4.08. The molecule has 0 bridgehead atoms. The van der Waals surface area contributed by atoms with Gasteiger partial charge in [-0.15, -0.1) is 0 Å². The second-order valence-electron chi connectivity index (χ2n) is 6.06. The van der Waals surface area contributed by atoms with Gasteiger partial charge in [0.25, 0.3) is 0 Å². The van der Waals surface area contributed by atoms with Gasteiger partial charge in [-0.05, 0) is 49.8 Å². The Morgan fingerprint density at radius 2 is 2.05 bits per heavy atom. The highest BCUT2D eigenvalue weighted by Gasteiger charge is 2.22. The third-order valence-corrected chi connectivity index (χ3v) is 4.38. The van der Waals surface area contributed by atoms with Gasteiger partial charge in [-0.2, -0.15) is 0 Å². The van der Waals surface area contributed by atoms with E-state index in [0.717, 1.165) is 11.6 Å². The van der Waals surface area contributed by atoms with Crippen molar-refractivity contribution >= 4 is 0 Å². The summed E-state index contributed by atoms with van der Waals surface area (Å²) in [6.45, 7) is 4.61. The van der Waals surface area contributed by atoms with E-state index in [0.29, 0.717) is 12.1 Å². The molecule has 106 valence electrons. The minimum Gasteiger partial charge on any atom is -0.307 e. The van der Waals surface area contributed by atoms with Gasteiger partial charge in [0.15, 0.2) is 0 Å². The quantitative estimate of drug-likeness (QED) is 0.917. The highest BCUT2D eigenvalue weighted by molar-refractivity contribution is 5.35. The van der Waals surface area contributed by atoms with Crippen LogP contribution in [0.3, 0.4) is 0 Å². The van der Waals surface area contributed by atoms with E-state index in [1.54, 1.807) is 6.20 Å². The number of imidazole rings is 1. The first-order chi connectivity index (χ1) is 9.72. The molecule has 0 aliphatic heterocycles. The summed E-state index contributed by atoms with van der Waals surface area (Å²) in [5.74, 6) is 0.878. The lowest BCUT2D eigenvalue weighted by molar-refractivity contribution is 0.449. The average Bonchev–Trinajstić information content (AvgIpc) is 3.11. The van der Waals surface area contributed by atoms with E-state index in [9.17, 15) is 0 Å². The molecule has 20 heavy (non-hydrogen) atoms. The third kappa shape index (κ3) is 2.93. The van der Waals surface area contributed by atoms with Crippen LogP contribution in [0.5, 0.6) is 0 Å². The van der Waals surface area contributed by atoms with Crippen molar-refractivity contribution in [2.24, 2.45) is 5.92 Å². The highest BCUT2D eigenvalue weighted by atomic mass is 15.0. The molecule has 3 heteroatoms. The zero-order chi connectivity index (χ0) is 13.9. The first kappa shape index (κ1) is 13.4. The Bertz CT molecular complexity index is 530. The summed E-state index contributed by atoms with van der Waals surface area (Å²) in [7, 11) is 0. The van der Waals surface area contributed by atoms with E-state index < -0.39 is 0 Å². The van der Waals surface area contributed by atoms with Gasteiger partial charge in [0.2, 0.25) is 0 Å². The second-order valence-corrected chi connectivity index (χ2v) is 6.06. The smallest absolute Gasteiger partial charge is 0.0991 e. The predicted molar refractivity (Wildman–Crippen MR) is 81.9 cm³/mol. The van der Waals surface area contributed by atoms with Gasteiger partial charge in [-0.25, -0.2) is 4.98 Å². The maximum atomic E-state index is 4.08. The largest absolute Gasteiger partial charge is 0.307 e. The molecular weight excluding hydrogens is 246 g/mol. The Hall–Kier alpha value is -1.61. The van der Waals surface area contributed by atoms with Gasteiger partial charge in [-0.1, -0.05) is 19.1 Å². The molecule has 0 spiro atoms. The summed E-state index contributed by atoms with van der Waals surface area (Å²) in [5.41, 5.74) is 2.52. The van der Waals surface area contributed by atoms with Gasteiger partial charge >= 0.3 is 0 Å². The molecule has 0 radical (unpaired) electrons. The van der Waals surface area contributed by atoms with Crippen LogP contribution in [0.4, 0.5) is 0 Å². The van der Waals surface area contributed by atoms with Crippen molar-refractivity contribution in [3.05, 3.63) is 48.5 Å². The topological polar surface area (TPSA) is 29.9 Å². The van der Waals surface area contributed by atoms with Crippen LogP contribution < -0.4 is 5.32 Å². The van der Waals surface area contributed by atoms with E-state index in [1.165, 1.54) is 24.8 Å². The predicted octanol–water partition coefficient (Wildman–Crippen LogP) is 3.71. The Balaban J connectivity index is 1.65. The van der Waals surface area contributed by atoms with Crippen molar-refractivity contribution in [1.82, 2.24) is 14.9 Å². The zero-order valence-electron chi connectivity index (χ0n) is 12.3. The molecule has 1 aliphatic carbocycles. The monoisotopic (exact) mass is 269 g/mol. The van der Waals surface area contributed by atoms with E-state index >= 15 is 0 Å². The normalized spacial score (nSPS) is 23.9. The molecule has 1 heterocycles. The standard InChI is InChI=1S/C17H23N3/c1-13-3-6-16(11-13)19-14(2)15-4-7-17(8-5-15)20-10-9-18-12-20/h4-5,7-10,12-14,16,19H,3,6,11H2,1-2H3. The van der Waals surface area contributed by atoms with Crippen LogP contribution in [0.25, 0.3) is 5.69 Å². The summed E-state index contributed by atoms with van der Waals surface area (Å²) in [5, 5.41) is 3.76. The molecule has 1 aliphatic rings. The van der Waals surface area contributed by atoms with Crippen molar-refractivity contribution in [2.45, 2.75) is 45.2 Å². The molecule has 1 N–H and O–H groups in total. The lowest BCUT2D eigenvalue weighted by Gasteiger charge is -2.20. The number of rotatable bonds is 4. The Kier molecular flexibility index (Phi) is 3.88. The number of hydrogen-bond acceptors (Lipinski definition) is 2. The molecule has 0 amide bonds. The van der Waals surface area contributed by atoms with Crippen LogP contribution in [-0.2, 0) is 0 Å². The molecule has 3 atom stereocenters. The fourth-order valence-corrected chi connectivity index (χ4v) is 3.16. The van der Waals surface area contributed by atoms with Crippen LogP contribution in [-0.4, -0.2) is 15.6 Å². The van der Waals surface area contributed by atoms with Crippen LogP contribution in [0.2, 0.25) is 0 Å². The molecule has 3 nitrogen and oxygen atoms in total. The van der Waals surface area contributed by atoms with Gasteiger partial charge in [-0.3, -0.25) is 0 Å². The molecule has 1 aromatic carbocycles. The van der Waals surface area contributed by atoms with E-state index in [2.05, 4.69) is 48.4 Å². The number of hydrogen-bond donors (Lipinski definition) is 1. The molecule has 3 rings (SSSR count). The van der Waals surface area contributed by atoms with Gasteiger partial charge in [0.1, 0.15) is 0 Å². The van der Waals surface area contributed by atoms with Crippen LogP contribution in [0, 0.1) is 5.92 Å². The zero-order valence-corrected chi connectivity index (χ0v) is 12.3. The Morgan fingerprint density at radius 1 is 1.25 bits per heavy atom. The second kappa shape index (κ2) is 5.80. The molecule has 2 aromatic rings. The summed E-state index contributed by atoms with van der Waals surface area (Å²) in [6, 6.07) is 9.85. The molecule has 1 fully saturated rings. The maximum Gasteiger partial charge on any atom is 0.0991 e. The van der Waals surface area contributed by atoms with Gasteiger partial charge in [0, 0.05) is 30.2 Å². The van der Waals surface area contributed by atoms with Crippen LogP contribution in [0.1, 0.15) is 44.7 Å². The van der Waals surface area contributed by atoms with Crippen molar-refractivity contribution in [3.8, 4) is 5.69 Å². The molecular formula is C17H23N3. The maximum absolute atomic E-state index is 4.08. The first-order valence-electron chi connectivity index (χ1n) is 7.56. The molecule has 1 aromatic heterocycles. The summed E-state index contributed by atoms with van der Waals surface area (Å²) >= 11 is 0. The fourth-order valence-electron chi connectivity index (χ4n) is 3.16. The van der Waals surface area contributed by atoms with E-state index in [1.807, 2.05) is 17.1 Å². The number of nitrogens with one attached hydrogen (secondary N) is 1. The number of nitrogens with zero attached hydrogens (tertiary/aromatic N) is 2. The van der Waals surface area contributed by atoms with Crippen molar-refractivity contribution < 1.29 is 0 Å². The van der Waals surface area contributed by atoms with E-state index in [-0.39, 0.29) is 0 Å². The van der Waals surface area contributed by atoms with Crippen molar-refractivity contribution in [1.29, 1.82) is 0 Å². The number of aromatic nitrogens is 2. The first-order valence-corrected chi connectivity index (χ1v) is 7.56. The lowest BCUT2D eigenvalue weighted by Crippen LogP contribution is -2.29. The van der Waals surface area contributed by atoms with Gasteiger partial charge in [0.05, 0.1) is 6.33 Å².